The molecular weight excluding hydrogens is 220 g/mol. The minimum absolute atomic E-state index is 0.123. The van der Waals surface area contributed by atoms with Crippen LogP contribution in [0.25, 0.3) is 0 Å². The summed E-state index contributed by atoms with van der Waals surface area (Å²) in [7, 11) is 0. The number of rotatable bonds is 2. The van der Waals surface area contributed by atoms with Gasteiger partial charge in [0.2, 0.25) is 0 Å². The van der Waals surface area contributed by atoms with Crippen molar-refractivity contribution in [1.29, 1.82) is 0 Å². The Kier molecular flexibility index (Phi) is 2.29. The first kappa shape index (κ1) is 10.5. The second-order valence-corrected chi connectivity index (χ2v) is 4.88. The topological polar surface area (TPSA) is 66.6 Å². The van der Waals surface area contributed by atoms with Gasteiger partial charge in [-0.2, -0.15) is 0 Å². The molecule has 1 aliphatic heterocycles. The summed E-state index contributed by atoms with van der Waals surface area (Å²) >= 11 is 0. The Bertz CT molecular complexity index is 444. The Morgan fingerprint density at radius 1 is 1.29 bits per heavy atom. The number of fused-ring (bicyclic) bond motifs is 2. The van der Waals surface area contributed by atoms with Crippen LogP contribution in [0.5, 0.6) is 0 Å². The predicted molar refractivity (Wildman–Crippen MR) is 63.0 cm³/mol. The van der Waals surface area contributed by atoms with E-state index in [1.807, 2.05) is 0 Å². The van der Waals surface area contributed by atoms with E-state index in [0.29, 0.717) is 12.0 Å². The lowest BCUT2D eigenvalue weighted by Gasteiger charge is -2.31. The summed E-state index contributed by atoms with van der Waals surface area (Å²) in [6, 6.07) is 7.07. The molecule has 3 atom stereocenters. The van der Waals surface area contributed by atoms with Crippen LogP contribution in [0.2, 0.25) is 0 Å². The number of anilines is 1. The fourth-order valence-corrected chi connectivity index (χ4v) is 3.01. The number of nitrogens with zero attached hydrogens (tertiary/aromatic N) is 2. The molecule has 90 valence electrons. The maximum atomic E-state index is 10.6. The Hall–Kier alpha value is -1.62. The van der Waals surface area contributed by atoms with E-state index in [4.69, 9.17) is 0 Å². The van der Waals surface area contributed by atoms with Crippen LogP contribution >= 0.6 is 0 Å². The van der Waals surface area contributed by atoms with Gasteiger partial charge in [-0.15, -0.1) is 0 Å². The second-order valence-electron chi connectivity index (χ2n) is 4.88. The van der Waals surface area contributed by atoms with E-state index in [1.165, 1.54) is 12.1 Å². The number of aliphatic hydroxyl groups excluding tert-OH is 1. The molecule has 3 rings (SSSR count). The normalized spacial score (nSPS) is 30.9. The average molecular weight is 234 g/mol. The minimum Gasteiger partial charge on any atom is -0.393 e. The molecule has 1 saturated carbocycles. The van der Waals surface area contributed by atoms with E-state index in [9.17, 15) is 15.2 Å². The fourth-order valence-electron chi connectivity index (χ4n) is 3.01. The lowest BCUT2D eigenvalue weighted by molar-refractivity contribution is -0.384. The highest BCUT2D eigenvalue weighted by Crippen LogP contribution is 2.40. The highest BCUT2D eigenvalue weighted by molar-refractivity contribution is 5.53. The van der Waals surface area contributed by atoms with E-state index in [-0.39, 0.29) is 16.7 Å². The lowest BCUT2D eigenvalue weighted by atomic mass is 10.1. The Morgan fingerprint density at radius 2 is 2.00 bits per heavy atom. The maximum Gasteiger partial charge on any atom is 0.269 e. The SMILES string of the molecule is O=[N+]([O-])c1ccc(N2CC3CC2CC3O)cc1. The Labute approximate surface area is 98.8 Å². The van der Waals surface area contributed by atoms with Crippen LogP contribution in [0.3, 0.4) is 0 Å². The van der Waals surface area contributed by atoms with E-state index < -0.39 is 0 Å². The van der Waals surface area contributed by atoms with Crippen LogP contribution < -0.4 is 4.90 Å². The second kappa shape index (κ2) is 3.70. The quantitative estimate of drug-likeness (QED) is 0.622. The van der Waals surface area contributed by atoms with Gasteiger partial charge >= 0.3 is 0 Å². The average Bonchev–Trinajstić information content (AvgIpc) is 2.87. The van der Waals surface area contributed by atoms with Gasteiger partial charge in [0.05, 0.1) is 11.0 Å². The van der Waals surface area contributed by atoms with Crippen molar-refractivity contribution in [2.45, 2.75) is 25.0 Å². The molecule has 0 radical (unpaired) electrons. The van der Waals surface area contributed by atoms with Gasteiger partial charge in [-0.3, -0.25) is 10.1 Å². The molecule has 1 aromatic rings. The van der Waals surface area contributed by atoms with E-state index in [2.05, 4.69) is 4.90 Å². The molecule has 17 heavy (non-hydrogen) atoms. The molecule has 1 aromatic carbocycles. The summed E-state index contributed by atoms with van der Waals surface area (Å²) in [6.07, 6.45) is 1.70. The van der Waals surface area contributed by atoms with Crippen LogP contribution in [0.15, 0.2) is 24.3 Å². The molecule has 1 heterocycles. The maximum absolute atomic E-state index is 10.6. The number of hydrogen-bond acceptors (Lipinski definition) is 4. The van der Waals surface area contributed by atoms with Gasteiger partial charge < -0.3 is 10.0 Å². The number of nitro benzene ring substituents is 1. The predicted octanol–water partition coefficient (Wildman–Crippen LogP) is 1.55. The van der Waals surface area contributed by atoms with Gasteiger partial charge in [0.1, 0.15) is 0 Å². The van der Waals surface area contributed by atoms with Crippen LogP contribution in [-0.4, -0.2) is 28.7 Å². The molecule has 5 nitrogen and oxygen atoms in total. The monoisotopic (exact) mass is 234 g/mol. The molecule has 1 saturated heterocycles. The zero-order valence-corrected chi connectivity index (χ0v) is 9.32. The van der Waals surface area contributed by atoms with E-state index in [0.717, 1.165) is 25.1 Å². The fraction of sp³-hybridized carbons (Fsp3) is 0.500. The number of hydrogen-bond donors (Lipinski definition) is 1. The zero-order valence-electron chi connectivity index (χ0n) is 9.32. The highest BCUT2D eigenvalue weighted by Gasteiger charge is 2.43. The largest absolute Gasteiger partial charge is 0.393 e. The van der Waals surface area contributed by atoms with Crippen LogP contribution in [-0.2, 0) is 0 Å². The molecule has 2 fully saturated rings. The summed E-state index contributed by atoms with van der Waals surface area (Å²) < 4.78 is 0. The molecular formula is C12H14N2O3. The number of nitro groups is 1. The summed E-state index contributed by atoms with van der Waals surface area (Å²) in [6.45, 7) is 0.865. The Balaban J connectivity index is 1.80. The first-order valence-corrected chi connectivity index (χ1v) is 5.84. The van der Waals surface area contributed by atoms with E-state index >= 15 is 0 Å². The number of non-ortho nitro benzene ring substituents is 1. The number of aliphatic hydroxyl groups is 1. The molecule has 0 spiro atoms. The van der Waals surface area contributed by atoms with Crippen molar-refractivity contribution in [3.05, 3.63) is 34.4 Å². The smallest absolute Gasteiger partial charge is 0.269 e. The third-order valence-electron chi connectivity index (χ3n) is 3.90. The van der Waals surface area contributed by atoms with Crippen LogP contribution in [0.1, 0.15) is 12.8 Å². The molecule has 2 aliphatic rings. The molecule has 5 heteroatoms. The van der Waals surface area contributed by atoms with Crippen molar-refractivity contribution in [3.63, 3.8) is 0 Å². The van der Waals surface area contributed by atoms with Gasteiger partial charge in [0, 0.05) is 36.3 Å². The van der Waals surface area contributed by atoms with Crippen molar-refractivity contribution in [1.82, 2.24) is 0 Å². The van der Waals surface area contributed by atoms with Crippen molar-refractivity contribution >= 4 is 11.4 Å². The molecule has 1 N–H and O–H groups in total. The van der Waals surface area contributed by atoms with Gasteiger partial charge in [0.25, 0.3) is 5.69 Å². The highest BCUT2D eigenvalue weighted by atomic mass is 16.6. The first-order chi connectivity index (χ1) is 8.15. The summed E-state index contributed by atoms with van der Waals surface area (Å²) in [5, 5.41) is 20.2. The van der Waals surface area contributed by atoms with Crippen molar-refractivity contribution in [2.24, 2.45) is 5.92 Å². The molecule has 1 aliphatic carbocycles. The molecule has 0 aromatic heterocycles. The van der Waals surface area contributed by atoms with Gasteiger partial charge in [-0.05, 0) is 25.0 Å². The molecule has 0 amide bonds. The third-order valence-corrected chi connectivity index (χ3v) is 3.90. The van der Waals surface area contributed by atoms with Crippen molar-refractivity contribution in [2.75, 3.05) is 11.4 Å². The Morgan fingerprint density at radius 3 is 2.47 bits per heavy atom. The molecule has 2 bridgehead atoms. The standard InChI is InChI=1S/C12H14N2O3/c15-12-6-11-5-8(12)7-13(11)9-1-3-10(4-2-9)14(16)17/h1-4,8,11-12,15H,5-7H2. The van der Waals surface area contributed by atoms with Crippen molar-refractivity contribution in [3.8, 4) is 0 Å². The van der Waals surface area contributed by atoms with Gasteiger partial charge in [-0.25, -0.2) is 0 Å². The van der Waals surface area contributed by atoms with Crippen molar-refractivity contribution < 1.29 is 10.0 Å². The minimum atomic E-state index is -0.385. The van der Waals surface area contributed by atoms with E-state index in [1.54, 1.807) is 12.1 Å². The van der Waals surface area contributed by atoms with Gasteiger partial charge in [0.15, 0.2) is 0 Å². The molecule has 3 unspecified atom stereocenters. The van der Waals surface area contributed by atoms with Crippen LogP contribution in [0, 0.1) is 16.0 Å². The summed E-state index contributed by atoms with van der Waals surface area (Å²) in [4.78, 5) is 12.4. The lowest BCUT2D eigenvalue weighted by Crippen LogP contribution is -2.37. The number of benzene rings is 1. The number of piperidine rings is 1. The first-order valence-electron chi connectivity index (χ1n) is 5.84. The summed E-state index contributed by atoms with van der Waals surface area (Å²) in [5.41, 5.74) is 1.15. The van der Waals surface area contributed by atoms with Gasteiger partial charge in [-0.1, -0.05) is 0 Å². The third kappa shape index (κ3) is 1.67. The zero-order chi connectivity index (χ0) is 12.0. The summed E-state index contributed by atoms with van der Waals surface area (Å²) in [5.74, 6) is 0.371. The van der Waals surface area contributed by atoms with Crippen LogP contribution in [0.4, 0.5) is 11.4 Å².